The van der Waals surface area contributed by atoms with Gasteiger partial charge in [0.25, 0.3) is 0 Å². The number of aliphatic imine (C=N–C) groups is 1. The maximum Gasteiger partial charge on any atom is 0.188 e. The van der Waals surface area contributed by atoms with E-state index in [0.29, 0.717) is 30.5 Å². The molecule has 1 aliphatic heterocycles. The molecule has 0 aliphatic carbocycles. The van der Waals surface area contributed by atoms with Crippen LogP contribution in [-0.4, -0.2) is 51.8 Å². The lowest BCUT2D eigenvalue weighted by molar-refractivity contribution is 0.239. The molecular formula is C23H33IN4O3. The van der Waals surface area contributed by atoms with E-state index in [1.165, 1.54) is 18.4 Å². The van der Waals surface area contributed by atoms with E-state index in [-0.39, 0.29) is 30.0 Å². The molecule has 0 amide bonds. The van der Waals surface area contributed by atoms with E-state index in [0.717, 1.165) is 24.4 Å². The number of halogens is 1. The summed E-state index contributed by atoms with van der Waals surface area (Å²) in [5, 5.41) is 3.31. The van der Waals surface area contributed by atoms with Crippen LogP contribution in [0.5, 0.6) is 17.2 Å². The Morgan fingerprint density at radius 2 is 1.68 bits per heavy atom. The fraction of sp³-hybridized carbons (Fsp3) is 0.435. The summed E-state index contributed by atoms with van der Waals surface area (Å²) < 4.78 is 16.2. The van der Waals surface area contributed by atoms with Crippen LogP contribution in [0.4, 0.5) is 0 Å². The van der Waals surface area contributed by atoms with Crippen LogP contribution < -0.4 is 25.3 Å². The number of guanidine groups is 1. The number of nitrogens with two attached hydrogens (primary N) is 1. The highest BCUT2D eigenvalue weighted by Crippen LogP contribution is 2.31. The van der Waals surface area contributed by atoms with Gasteiger partial charge in [0.1, 0.15) is 5.75 Å². The van der Waals surface area contributed by atoms with Crippen LogP contribution >= 0.6 is 24.0 Å². The second-order valence-corrected chi connectivity index (χ2v) is 7.27. The van der Waals surface area contributed by atoms with Crippen LogP contribution in [0.25, 0.3) is 0 Å². The number of nitrogens with zero attached hydrogens (tertiary/aromatic N) is 2. The molecule has 1 fully saturated rings. The lowest BCUT2D eigenvalue weighted by Gasteiger charge is -2.29. The van der Waals surface area contributed by atoms with E-state index in [1.807, 2.05) is 30.3 Å². The van der Waals surface area contributed by atoms with Crippen LogP contribution in [0.2, 0.25) is 0 Å². The number of benzene rings is 2. The van der Waals surface area contributed by atoms with Gasteiger partial charge in [-0.05, 0) is 49.7 Å². The highest BCUT2D eigenvalue weighted by molar-refractivity contribution is 14.0. The Labute approximate surface area is 202 Å². The van der Waals surface area contributed by atoms with Gasteiger partial charge >= 0.3 is 0 Å². The summed E-state index contributed by atoms with van der Waals surface area (Å²) >= 11 is 0. The first kappa shape index (κ1) is 25.1. The van der Waals surface area contributed by atoms with Gasteiger partial charge in [-0.15, -0.1) is 24.0 Å². The van der Waals surface area contributed by atoms with Gasteiger partial charge in [0.15, 0.2) is 17.5 Å². The topological polar surface area (TPSA) is 81.3 Å². The number of para-hydroxylation sites is 1. The normalized spacial score (nSPS) is 15.1. The zero-order valence-corrected chi connectivity index (χ0v) is 20.8. The smallest absolute Gasteiger partial charge is 0.188 e. The van der Waals surface area contributed by atoms with Gasteiger partial charge in [0, 0.05) is 12.1 Å². The number of rotatable bonds is 9. The molecular weight excluding hydrogens is 507 g/mol. The third kappa shape index (κ3) is 6.64. The third-order valence-corrected chi connectivity index (χ3v) is 5.44. The maximum atomic E-state index is 6.18. The molecule has 1 aliphatic rings. The standard InChI is InChI=1S/C23H32N4O3.HI/c1-28-20-9-5-4-8-18(20)19(27-12-6-7-13-27)16-26-23(24)25-15-17-10-11-21(29-2)22(14-17)30-3;/h4-5,8-11,14,19H,6-7,12-13,15-16H2,1-3H3,(H3,24,25,26);1H. The van der Waals surface area contributed by atoms with Crippen molar-refractivity contribution in [1.29, 1.82) is 0 Å². The van der Waals surface area contributed by atoms with E-state index >= 15 is 0 Å². The van der Waals surface area contributed by atoms with Crippen molar-refractivity contribution < 1.29 is 14.2 Å². The molecule has 1 atom stereocenters. The number of hydrogen-bond donors (Lipinski definition) is 2. The van der Waals surface area contributed by atoms with Crippen molar-refractivity contribution in [2.75, 3.05) is 41.0 Å². The third-order valence-electron chi connectivity index (χ3n) is 5.44. The summed E-state index contributed by atoms with van der Waals surface area (Å²) in [7, 11) is 4.96. The summed E-state index contributed by atoms with van der Waals surface area (Å²) in [6, 6.07) is 14.1. The number of ether oxygens (including phenoxy) is 3. The van der Waals surface area contributed by atoms with Crippen LogP contribution in [0.15, 0.2) is 47.5 Å². The molecule has 0 aromatic heterocycles. The first-order valence-corrected chi connectivity index (χ1v) is 10.3. The van der Waals surface area contributed by atoms with E-state index in [2.05, 4.69) is 27.3 Å². The van der Waals surface area contributed by atoms with Gasteiger partial charge in [0.2, 0.25) is 0 Å². The molecule has 2 aromatic rings. The molecule has 1 unspecified atom stereocenters. The van der Waals surface area contributed by atoms with E-state index in [4.69, 9.17) is 19.9 Å². The predicted octanol–water partition coefficient (Wildman–Crippen LogP) is 3.57. The molecule has 1 saturated heterocycles. The van der Waals surface area contributed by atoms with Gasteiger partial charge < -0.3 is 25.3 Å². The van der Waals surface area contributed by atoms with Crippen LogP contribution in [0.1, 0.15) is 30.0 Å². The van der Waals surface area contributed by atoms with Crippen LogP contribution in [0, 0.1) is 0 Å². The average Bonchev–Trinajstić information content (AvgIpc) is 3.32. The Morgan fingerprint density at radius 3 is 2.35 bits per heavy atom. The summed E-state index contributed by atoms with van der Waals surface area (Å²) in [4.78, 5) is 6.98. The van der Waals surface area contributed by atoms with Gasteiger partial charge in [-0.25, -0.2) is 4.99 Å². The van der Waals surface area contributed by atoms with Crippen molar-refractivity contribution in [3.8, 4) is 17.2 Å². The molecule has 0 saturated carbocycles. The van der Waals surface area contributed by atoms with Crippen molar-refractivity contribution in [3.63, 3.8) is 0 Å². The molecule has 1 heterocycles. The number of hydrogen-bond acceptors (Lipinski definition) is 5. The van der Waals surface area contributed by atoms with Crippen molar-refractivity contribution in [1.82, 2.24) is 10.2 Å². The van der Waals surface area contributed by atoms with Crippen molar-refractivity contribution in [2.24, 2.45) is 10.7 Å². The van der Waals surface area contributed by atoms with Gasteiger partial charge in [-0.1, -0.05) is 24.3 Å². The zero-order chi connectivity index (χ0) is 21.3. The van der Waals surface area contributed by atoms with Crippen LogP contribution in [-0.2, 0) is 6.54 Å². The molecule has 0 bridgehead atoms. The SMILES string of the molecule is COc1ccc(CN=C(N)NCC(c2ccccc2OC)N2CCCC2)cc1OC.I. The van der Waals surface area contributed by atoms with E-state index in [1.54, 1.807) is 21.3 Å². The fourth-order valence-corrected chi connectivity index (χ4v) is 3.84. The molecule has 8 heteroatoms. The van der Waals surface area contributed by atoms with Crippen molar-refractivity contribution in [3.05, 3.63) is 53.6 Å². The second kappa shape index (κ2) is 12.6. The van der Waals surface area contributed by atoms with E-state index in [9.17, 15) is 0 Å². The number of likely N-dealkylation sites (tertiary alicyclic amines) is 1. The lowest BCUT2D eigenvalue weighted by atomic mass is 10.0. The lowest BCUT2D eigenvalue weighted by Crippen LogP contribution is -2.40. The Hall–Kier alpha value is -2.20. The zero-order valence-electron chi connectivity index (χ0n) is 18.5. The number of nitrogens with one attached hydrogen (secondary N) is 1. The summed E-state index contributed by atoms with van der Waals surface area (Å²) in [6.45, 7) is 3.28. The van der Waals surface area contributed by atoms with Crippen molar-refractivity contribution >= 4 is 29.9 Å². The molecule has 0 spiro atoms. The highest BCUT2D eigenvalue weighted by Gasteiger charge is 2.25. The van der Waals surface area contributed by atoms with E-state index < -0.39 is 0 Å². The largest absolute Gasteiger partial charge is 0.496 e. The Kier molecular flexibility index (Phi) is 10.2. The maximum absolute atomic E-state index is 6.18. The predicted molar refractivity (Wildman–Crippen MR) is 135 cm³/mol. The summed E-state index contributed by atoms with van der Waals surface area (Å²) in [6.07, 6.45) is 2.43. The monoisotopic (exact) mass is 540 g/mol. The van der Waals surface area contributed by atoms with Gasteiger partial charge in [-0.2, -0.15) is 0 Å². The first-order valence-electron chi connectivity index (χ1n) is 10.3. The molecule has 2 aromatic carbocycles. The molecule has 7 nitrogen and oxygen atoms in total. The second-order valence-electron chi connectivity index (χ2n) is 7.27. The Morgan fingerprint density at radius 1 is 1.00 bits per heavy atom. The molecule has 3 N–H and O–H groups in total. The summed E-state index contributed by atoms with van der Waals surface area (Å²) in [5.41, 5.74) is 8.34. The van der Waals surface area contributed by atoms with Gasteiger partial charge in [0.05, 0.1) is 33.9 Å². The fourth-order valence-electron chi connectivity index (χ4n) is 3.84. The quantitative estimate of drug-likeness (QED) is 0.288. The first-order chi connectivity index (χ1) is 14.7. The average molecular weight is 540 g/mol. The summed E-state index contributed by atoms with van der Waals surface area (Å²) in [5.74, 6) is 2.70. The minimum Gasteiger partial charge on any atom is -0.496 e. The Balaban J connectivity index is 0.00000341. The van der Waals surface area contributed by atoms with Gasteiger partial charge in [-0.3, -0.25) is 4.90 Å². The highest BCUT2D eigenvalue weighted by atomic mass is 127. The molecule has 0 radical (unpaired) electrons. The Bertz CT molecular complexity index is 856. The molecule has 31 heavy (non-hydrogen) atoms. The molecule has 170 valence electrons. The molecule has 3 rings (SSSR count). The minimum atomic E-state index is 0. The number of methoxy groups -OCH3 is 3. The van der Waals surface area contributed by atoms with Crippen LogP contribution in [0.3, 0.4) is 0 Å². The van der Waals surface area contributed by atoms with Crippen molar-refractivity contribution in [2.45, 2.75) is 25.4 Å². The minimum absolute atomic E-state index is 0.